The van der Waals surface area contributed by atoms with Gasteiger partial charge < -0.3 is 0 Å². The minimum absolute atomic E-state index is 0.00224. The number of rotatable bonds is 0. The van der Waals surface area contributed by atoms with E-state index in [-0.39, 0.29) is 7.92 Å². The van der Waals surface area contributed by atoms with Crippen LogP contribution in [0, 0.1) is 0 Å². The second kappa shape index (κ2) is 10.9. The number of hydrogen-bond donors (Lipinski definition) is 0. The van der Waals surface area contributed by atoms with Crippen molar-refractivity contribution in [3.63, 3.8) is 0 Å². The average molecular weight is 553 g/mol. The fourth-order valence-corrected chi connectivity index (χ4v) is 8.99. The predicted octanol–water partition coefficient (Wildman–Crippen LogP) is 10.5. The molecule has 2 aliphatic rings. The van der Waals surface area contributed by atoms with Crippen LogP contribution >= 0.6 is 17.2 Å². The monoisotopic (exact) mass is 552 g/mol. The van der Waals surface area contributed by atoms with Crippen molar-refractivity contribution in [3.8, 4) is 22.3 Å². The molecular weight excluding hydrogens is 518 g/mol. The average Bonchev–Trinajstić information content (AvgIpc) is 3.23. The standard InChI is InChI=1S/C23H19P.C15H15P/c1-24-14-18-12-10-16-6-2-4-8-20(16)22(18)23-19(15-24)13-11-17-7-3-5-9-21(17)23;16-13-9-11-5-1-3-7-14(11)15-8-4-2-6-12(15)10-13/h2-13H,14-15H2,1H3;1-8,13H,9-10,16H2. The molecule has 0 nitrogen and oxygen atoms in total. The highest BCUT2D eigenvalue weighted by Crippen LogP contribution is 2.51. The molecule has 0 saturated heterocycles. The molecule has 6 aromatic rings. The van der Waals surface area contributed by atoms with Crippen LogP contribution in [0.3, 0.4) is 0 Å². The Hall–Kier alpha value is -3.30. The van der Waals surface area contributed by atoms with Gasteiger partial charge in [-0.2, -0.15) is 0 Å². The summed E-state index contributed by atoms with van der Waals surface area (Å²) in [6.07, 6.45) is 4.77. The van der Waals surface area contributed by atoms with Gasteiger partial charge in [-0.15, -0.1) is 17.2 Å². The molecule has 0 saturated carbocycles. The Morgan fingerprint density at radius 3 is 1.43 bits per heavy atom. The van der Waals surface area contributed by atoms with Crippen molar-refractivity contribution in [2.24, 2.45) is 0 Å². The molecule has 0 radical (unpaired) electrons. The van der Waals surface area contributed by atoms with Gasteiger partial charge >= 0.3 is 0 Å². The number of benzene rings is 6. The van der Waals surface area contributed by atoms with E-state index >= 15 is 0 Å². The van der Waals surface area contributed by atoms with Crippen LogP contribution in [0.1, 0.15) is 22.3 Å². The van der Waals surface area contributed by atoms with Gasteiger partial charge in [0.25, 0.3) is 0 Å². The van der Waals surface area contributed by atoms with E-state index in [2.05, 4.69) is 137 Å². The molecule has 0 bridgehead atoms. The zero-order valence-corrected chi connectivity index (χ0v) is 25.0. The lowest BCUT2D eigenvalue weighted by Crippen LogP contribution is -2.03. The van der Waals surface area contributed by atoms with E-state index in [0.29, 0.717) is 5.66 Å². The second-order valence-corrected chi connectivity index (χ2v) is 14.6. The smallest absolute Gasteiger partial charge is 0.00606 e. The summed E-state index contributed by atoms with van der Waals surface area (Å²) in [7, 11) is 2.98. The zero-order chi connectivity index (χ0) is 27.1. The van der Waals surface area contributed by atoms with Crippen LogP contribution in [-0.4, -0.2) is 12.3 Å². The summed E-state index contributed by atoms with van der Waals surface area (Å²) < 4.78 is 0. The van der Waals surface area contributed by atoms with E-state index in [1.807, 2.05) is 0 Å². The fraction of sp³-hybridized carbons (Fsp3) is 0.158. The third-order valence-corrected chi connectivity index (χ3v) is 10.7. The number of fused-ring (bicyclic) bond motifs is 10. The molecule has 0 amide bonds. The summed E-state index contributed by atoms with van der Waals surface area (Å²) in [5.74, 6) is 0. The summed E-state index contributed by atoms with van der Waals surface area (Å²) in [6, 6.07) is 44.6. The van der Waals surface area contributed by atoms with Crippen LogP contribution in [0.15, 0.2) is 121 Å². The second-order valence-electron chi connectivity index (χ2n) is 11.3. The van der Waals surface area contributed by atoms with Crippen molar-refractivity contribution in [2.45, 2.75) is 30.8 Å². The van der Waals surface area contributed by atoms with Crippen molar-refractivity contribution < 1.29 is 0 Å². The Labute approximate surface area is 241 Å². The van der Waals surface area contributed by atoms with Gasteiger partial charge in [-0.1, -0.05) is 121 Å². The Morgan fingerprint density at radius 1 is 0.500 bits per heavy atom. The summed E-state index contributed by atoms with van der Waals surface area (Å²) >= 11 is 0. The van der Waals surface area contributed by atoms with Crippen molar-refractivity contribution in [3.05, 3.63) is 144 Å². The molecule has 1 heterocycles. The SMILES string of the molecule is CP1Cc2ccc3ccccc3c2-c2c(ccc3ccccc23)C1.PC1Cc2ccccc2-c2ccccc2C1. The molecule has 196 valence electrons. The third kappa shape index (κ3) is 4.79. The lowest BCUT2D eigenvalue weighted by molar-refractivity contribution is 0.857. The first-order chi connectivity index (χ1) is 19.7. The van der Waals surface area contributed by atoms with Gasteiger partial charge in [-0.05, 0) is 104 Å². The Bertz CT molecular complexity index is 1720. The molecule has 8 rings (SSSR count). The van der Waals surface area contributed by atoms with E-state index in [0.717, 1.165) is 12.8 Å². The minimum Gasteiger partial charge on any atom is -0.134 e. The van der Waals surface area contributed by atoms with Crippen LogP contribution in [-0.2, 0) is 25.2 Å². The van der Waals surface area contributed by atoms with Crippen LogP contribution < -0.4 is 0 Å². The third-order valence-electron chi connectivity index (χ3n) is 8.45. The highest BCUT2D eigenvalue weighted by Gasteiger charge is 2.22. The van der Waals surface area contributed by atoms with Gasteiger partial charge in [-0.25, -0.2) is 0 Å². The van der Waals surface area contributed by atoms with E-state index in [1.165, 1.54) is 78.4 Å². The largest absolute Gasteiger partial charge is 0.134 e. The fourth-order valence-electron chi connectivity index (χ4n) is 6.68. The molecule has 0 aromatic heterocycles. The lowest BCUT2D eigenvalue weighted by atomic mass is 9.88. The van der Waals surface area contributed by atoms with Crippen molar-refractivity contribution in [1.29, 1.82) is 0 Å². The van der Waals surface area contributed by atoms with E-state index in [1.54, 1.807) is 0 Å². The molecule has 0 spiro atoms. The quantitative estimate of drug-likeness (QED) is 0.164. The number of hydrogen-bond acceptors (Lipinski definition) is 0. The predicted molar refractivity (Wildman–Crippen MR) is 180 cm³/mol. The van der Waals surface area contributed by atoms with Gasteiger partial charge in [0.2, 0.25) is 0 Å². The van der Waals surface area contributed by atoms with E-state index in [9.17, 15) is 0 Å². The molecule has 0 N–H and O–H groups in total. The maximum absolute atomic E-state index is 2.98. The molecule has 0 fully saturated rings. The summed E-state index contributed by atoms with van der Waals surface area (Å²) in [5, 5.41) is 5.49. The molecular formula is C38H34P2. The first kappa shape index (κ1) is 25.7. The zero-order valence-electron chi connectivity index (χ0n) is 23.0. The minimum atomic E-state index is -0.00224. The van der Waals surface area contributed by atoms with Crippen LogP contribution in [0.5, 0.6) is 0 Å². The van der Waals surface area contributed by atoms with Crippen molar-refractivity contribution in [1.82, 2.24) is 0 Å². The van der Waals surface area contributed by atoms with Crippen LogP contribution in [0.4, 0.5) is 0 Å². The van der Waals surface area contributed by atoms with Crippen LogP contribution in [0.25, 0.3) is 43.8 Å². The van der Waals surface area contributed by atoms with Gasteiger partial charge in [-0.3, -0.25) is 0 Å². The van der Waals surface area contributed by atoms with E-state index in [4.69, 9.17) is 0 Å². The summed E-state index contributed by atoms with van der Waals surface area (Å²) in [4.78, 5) is 0. The highest BCUT2D eigenvalue weighted by molar-refractivity contribution is 7.55. The molecule has 1 atom stereocenters. The Balaban J connectivity index is 0.000000144. The Morgan fingerprint density at radius 2 is 0.925 bits per heavy atom. The van der Waals surface area contributed by atoms with Crippen molar-refractivity contribution in [2.75, 3.05) is 6.66 Å². The van der Waals surface area contributed by atoms with Gasteiger partial charge in [0.15, 0.2) is 0 Å². The summed E-state index contributed by atoms with van der Waals surface area (Å²) in [6.45, 7) is 2.44. The first-order valence-corrected chi connectivity index (χ1v) is 17.1. The molecule has 40 heavy (non-hydrogen) atoms. The maximum atomic E-state index is 2.98. The van der Waals surface area contributed by atoms with E-state index < -0.39 is 0 Å². The Kier molecular flexibility index (Phi) is 7.01. The van der Waals surface area contributed by atoms with Crippen molar-refractivity contribution >= 4 is 38.7 Å². The maximum Gasteiger partial charge on any atom is -0.00606 e. The first-order valence-electron chi connectivity index (χ1n) is 14.3. The molecule has 1 unspecified atom stereocenters. The summed E-state index contributed by atoms with van der Waals surface area (Å²) in [5.41, 5.74) is 12.5. The molecule has 2 heteroatoms. The van der Waals surface area contributed by atoms with Gasteiger partial charge in [0.05, 0.1) is 0 Å². The molecule has 6 aromatic carbocycles. The molecule has 1 aliphatic carbocycles. The topological polar surface area (TPSA) is 0 Å². The lowest BCUT2D eigenvalue weighted by Gasteiger charge is -2.15. The molecule has 1 aliphatic heterocycles. The normalized spacial score (nSPS) is 14.7. The highest BCUT2D eigenvalue weighted by atomic mass is 31.1. The van der Waals surface area contributed by atoms with Gasteiger partial charge in [0, 0.05) is 0 Å². The van der Waals surface area contributed by atoms with Crippen LogP contribution in [0.2, 0.25) is 0 Å². The van der Waals surface area contributed by atoms with Gasteiger partial charge in [0.1, 0.15) is 0 Å².